The van der Waals surface area contributed by atoms with Crippen LogP contribution in [0.3, 0.4) is 0 Å². The molecule has 0 aromatic carbocycles. The van der Waals surface area contributed by atoms with Gasteiger partial charge in [-0.2, -0.15) is 8.42 Å². The van der Waals surface area contributed by atoms with Gasteiger partial charge in [0.25, 0.3) is 0 Å². The fourth-order valence-electron chi connectivity index (χ4n) is 0.705. The first-order valence-electron chi connectivity index (χ1n) is 5.66. The van der Waals surface area contributed by atoms with E-state index in [1.54, 1.807) is 6.92 Å². The van der Waals surface area contributed by atoms with E-state index >= 15 is 0 Å². The van der Waals surface area contributed by atoms with Crippen LogP contribution >= 0.6 is 0 Å². The van der Waals surface area contributed by atoms with Crippen LogP contribution in [0.5, 0.6) is 0 Å². The molecular formula is C11H20N2O7S. The molecule has 0 aliphatic rings. The molecule has 0 aromatic rings. The molecule has 0 saturated heterocycles. The van der Waals surface area contributed by atoms with Crippen molar-refractivity contribution in [2.75, 3.05) is 7.11 Å². The van der Waals surface area contributed by atoms with E-state index in [-0.39, 0.29) is 12.0 Å². The van der Waals surface area contributed by atoms with Crippen molar-refractivity contribution < 1.29 is 31.5 Å². The molecule has 5 N–H and O–H groups in total. The molecule has 0 spiro atoms. The van der Waals surface area contributed by atoms with Crippen molar-refractivity contribution in [3.05, 3.63) is 24.3 Å². The molecule has 0 heterocycles. The summed E-state index contributed by atoms with van der Waals surface area (Å²) in [6.07, 6.45) is 2.75. The highest BCUT2D eigenvalue weighted by Crippen LogP contribution is 2.04. The van der Waals surface area contributed by atoms with Crippen LogP contribution in [0, 0.1) is 0 Å². The Morgan fingerprint density at radius 3 is 2.24 bits per heavy atom. The summed E-state index contributed by atoms with van der Waals surface area (Å²) >= 11 is 0. The molecule has 0 aromatic heterocycles. The third-order valence-corrected chi connectivity index (χ3v) is 2.23. The van der Waals surface area contributed by atoms with E-state index in [9.17, 15) is 18.0 Å². The molecule has 0 bridgehead atoms. The van der Waals surface area contributed by atoms with E-state index in [0.717, 1.165) is 13.2 Å². The second-order valence-corrected chi connectivity index (χ2v) is 4.75. The molecule has 10 heteroatoms. The molecule has 0 rings (SSSR count). The van der Waals surface area contributed by atoms with Crippen LogP contribution in [0.4, 0.5) is 0 Å². The zero-order valence-electron chi connectivity index (χ0n) is 11.8. The third-order valence-electron chi connectivity index (χ3n) is 1.81. The van der Waals surface area contributed by atoms with E-state index in [1.807, 2.05) is 0 Å². The van der Waals surface area contributed by atoms with E-state index < -0.39 is 28.5 Å². The van der Waals surface area contributed by atoms with Crippen LogP contribution in [0.15, 0.2) is 24.3 Å². The highest BCUT2D eigenvalue weighted by atomic mass is 32.3. The van der Waals surface area contributed by atoms with Crippen molar-refractivity contribution in [3.63, 3.8) is 0 Å². The van der Waals surface area contributed by atoms with Gasteiger partial charge in [-0.05, 0) is 18.9 Å². The average molecular weight is 324 g/mol. The minimum absolute atomic E-state index is 0.220. The Balaban J connectivity index is 0. The Labute approximate surface area is 123 Å². The molecule has 21 heavy (non-hydrogen) atoms. The van der Waals surface area contributed by atoms with Gasteiger partial charge in [0.1, 0.15) is 0 Å². The lowest BCUT2D eigenvalue weighted by molar-refractivity contribution is -0.144. The lowest BCUT2D eigenvalue weighted by atomic mass is 10.2. The summed E-state index contributed by atoms with van der Waals surface area (Å²) in [5.41, 5.74) is 10.5. The first kappa shape index (κ1) is 21.5. The molecule has 9 nitrogen and oxygen atoms in total. The Bertz CT molecular complexity index is 485. The van der Waals surface area contributed by atoms with Crippen LogP contribution in [0.25, 0.3) is 0 Å². The lowest BCUT2D eigenvalue weighted by Crippen LogP contribution is -2.26. The summed E-state index contributed by atoms with van der Waals surface area (Å²) in [7, 11) is -3.29. The van der Waals surface area contributed by atoms with Crippen LogP contribution in [0.1, 0.15) is 19.8 Å². The van der Waals surface area contributed by atoms with Gasteiger partial charge in [0.2, 0.25) is 5.91 Å². The maximum Gasteiger partial charge on any atom is 0.397 e. The molecule has 0 aliphatic carbocycles. The van der Waals surface area contributed by atoms with Gasteiger partial charge in [0, 0.05) is 5.57 Å². The average Bonchev–Trinajstić information content (AvgIpc) is 2.37. The zero-order valence-corrected chi connectivity index (χ0v) is 12.6. The molecule has 0 radical (unpaired) electrons. The Hall–Kier alpha value is -1.75. The topological polar surface area (TPSA) is 159 Å². The first-order valence-corrected chi connectivity index (χ1v) is 7.03. The van der Waals surface area contributed by atoms with Crippen LogP contribution < -0.4 is 11.5 Å². The number of allylic oxidation sites excluding steroid dienone is 1. The van der Waals surface area contributed by atoms with Crippen LogP contribution in [0.2, 0.25) is 0 Å². The fourth-order valence-corrected chi connectivity index (χ4v) is 0.705. The van der Waals surface area contributed by atoms with Crippen LogP contribution in [-0.4, -0.2) is 38.2 Å². The molecule has 1 amide bonds. The molecule has 0 saturated carbocycles. The van der Waals surface area contributed by atoms with Crippen molar-refractivity contribution in [2.45, 2.75) is 26.0 Å². The summed E-state index contributed by atoms with van der Waals surface area (Å²) in [5.74, 6) is -1.13. The quantitative estimate of drug-likeness (QED) is 0.248. The molecule has 0 aliphatic heterocycles. The minimum atomic E-state index is -4.16. The van der Waals surface area contributed by atoms with Crippen molar-refractivity contribution in [2.24, 2.45) is 11.5 Å². The van der Waals surface area contributed by atoms with E-state index in [0.29, 0.717) is 6.42 Å². The number of amides is 1. The standard InChI is InChI=1S/C10H16N2O3.CH4O4S/c1-3-9(12)15-10(14)7(2)5-4-6-8(11)13;1-5-6(2,3)4/h4,6,9H,2-3,5,12H2,1H3,(H2,11,13);1H3,(H,2,3,4). The minimum Gasteiger partial charge on any atom is -0.443 e. The maximum absolute atomic E-state index is 11.2. The predicted molar refractivity (Wildman–Crippen MR) is 75.0 cm³/mol. The van der Waals surface area contributed by atoms with Gasteiger partial charge >= 0.3 is 16.4 Å². The number of esters is 1. The van der Waals surface area contributed by atoms with Gasteiger partial charge in [-0.3, -0.25) is 19.3 Å². The lowest BCUT2D eigenvalue weighted by Gasteiger charge is -2.10. The number of ether oxygens (including phenoxy) is 1. The summed E-state index contributed by atoms with van der Waals surface area (Å²) in [4.78, 5) is 21.6. The molecular weight excluding hydrogens is 304 g/mol. The van der Waals surface area contributed by atoms with Gasteiger partial charge in [0.05, 0.1) is 7.11 Å². The highest BCUT2D eigenvalue weighted by Gasteiger charge is 2.10. The number of hydrogen-bond acceptors (Lipinski definition) is 7. The zero-order chi connectivity index (χ0) is 17.1. The summed E-state index contributed by atoms with van der Waals surface area (Å²) in [6, 6.07) is 0. The SMILES string of the molecule is C=C(CC=CC(N)=O)C(=O)OC(N)CC.COS(=O)(=O)O. The largest absolute Gasteiger partial charge is 0.443 e. The van der Waals surface area contributed by atoms with Gasteiger partial charge in [-0.15, -0.1) is 0 Å². The number of rotatable bonds is 7. The maximum atomic E-state index is 11.2. The van der Waals surface area contributed by atoms with Gasteiger partial charge in [0.15, 0.2) is 6.23 Å². The number of hydrogen-bond donors (Lipinski definition) is 3. The molecule has 0 fully saturated rings. The smallest absolute Gasteiger partial charge is 0.397 e. The number of nitrogens with two attached hydrogens (primary N) is 2. The number of carbonyl (C=O) groups is 2. The van der Waals surface area contributed by atoms with Gasteiger partial charge in [-0.25, -0.2) is 4.79 Å². The molecule has 1 unspecified atom stereocenters. The molecule has 122 valence electrons. The Kier molecular flexibility index (Phi) is 11.3. The fraction of sp³-hybridized carbons (Fsp3) is 0.455. The summed E-state index contributed by atoms with van der Waals surface area (Å²) in [6.45, 7) is 5.30. The van der Waals surface area contributed by atoms with E-state index in [1.165, 1.54) is 6.08 Å². The Morgan fingerprint density at radius 2 is 1.90 bits per heavy atom. The first-order chi connectivity index (χ1) is 9.53. The van der Waals surface area contributed by atoms with Crippen molar-refractivity contribution in [1.29, 1.82) is 0 Å². The monoisotopic (exact) mass is 324 g/mol. The second-order valence-electron chi connectivity index (χ2n) is 3.56. The summed E-state index contributed by atoms with van der Waals surface area (Å²) in [5, 5.41) is 0. The normalized spacial score (nSPS) is 12.2. The van der Waals surface area contributed by atoms with Crippen molar-refractivity contribution >= 4 is 22.3 Å². The van der Waals surface area contributed by atoms with E-state index in [2.05, 4.69) is 10.8 Å². The third kappa shape index (κ3) is 16.2. The van der Waals surface area contributed by atoms with Crippen molar-refractivity contribution in [3.8, 4) is 0 Å². The summed E-state index contributed by atoms with van der Waals surface area (Å²) < 4.78 is 34.5. The highest BCUT2D eigenvalue weighted by molar-refractivity contribution is 7.80. The number of primary amides is 1. The van der Waals surface area contributed by atoms with Crippen LogP contribution in [-0.2, 0) is 28.9 Å². The predicted octanol–water partition coefficient (Wildman–Crippen LogP) is -0.352. The molecule has 1 atom stereocenters. The van der Waals surface area contributed by atoms with Crippen molar-refractivity contribution in [1.82, 2.24) is 0 Å². The van der Waals surface area contributed by atoms with Gasteiger partial charge in [-0.1, -0.05) is 19.6 Å². The van der Waals surface area contributed by atoms with E-state index in [4.69, 9.17) is 20.8 Å². The second kappa shape index (κ2) is 11.0. The number of carbonyl (C=O) groups excluding carboxylic acids is 2. The Morgan fingerprint density at radius 1 is 1.43 bits per heavy atom. The van der Waals surface area contributed by atoms with Gasteiger partial charge < -0.3 is 10.5 Å².